The van der Waals surface area contributed by atoms with Gasteiger partial charge >= 0.3 is 0 Å². The highest BCUT2D eigenvalue weighted by Gasteiger charge is 2.14. The summed E-state index contributed by atoms with van der Waals surface area (Å²) < 4.78 is 5.22. The Bertz CT molecular complexity index is 920. The highest BCUT2D eigenvalue weighted by molar-refractivity contribution is 5.97. The number of aromatic nitrogens is 2. The van der Waals surface area contributed by atoms with Gasteiger partial charge in [-0.25, -0.2) is 0 Å². The summed E-state index contributed by atoms with van der Waals surface area (Å²) in [6.07, 6.45) is 3.73. The number of amides is 1. The number of hydrogen-bond donors (Lipinski definition) is 2. The molecule has 2 heterocycles. The van der Waals surface area contributed by atoms with Crippen molar-refractivity contribution < 1.29 is 9.53 Å². The summed E-state index contributed by atoms with van der Waals surface area (Å²) in [5, 5.41) is 3.17. The van der Waals surface area contributed by atoms with Gasteiger partial charge in [0.2, 0.25) is 5.43 Å². The minimum atomic E-state index is -0.406. The van der Waals surface area contributed by atoms with Crippen LogP contribution in [-0.2, 0) is 6.42 Å². The second-order valence-electron chi connectivity index (χ2n) is 5.24. The molecule has 0 unspecified atom stereocenters. The lowest BCUT2D eigenvalue weighted by atomic mass is 10.1. The van der Waals surface area contributed by atoms with Crippen LogP contribution in [0.2, 0.25) is 0 Å². The van der Waals surface area contributed by atoms with Crippen LogP contribution in [0.1, 0.15) is 16.1 Å². The zero-order chi connectivity index (χ0) is 16.9. The van der Waals surface area contributed by atoms with E-state index in [1.165, 1.54) is 13.3 Å². The number of hydrogen-bond acceptors (Lipinski definition) is 4. The Morgan fingerprint density at radius 3 is 2.88 bits per heavy atom. The van der Waals surface area contributed by atoms with E-state index in [0.717, 1.165) is 5.69 Å². The number of nitrogens with one attached hydrogen (secondary N) is 2. The molecular weight excluding hydrogens is 306 g/mol. The van der Waals surface area contributed by atoms with Crippen LogP contribution in [0.4, 0.5) is 0 Å². The number of ether oxygens (including phenoxy) is 1. The molecule has 0 atom stereocenters. The molecule has 1 aromatic carbocycles. The first-order valence-corrected chi connectivity index (χ1v) is 7.57. The smallest absolute Gasteiger partial charge is 0.256 e. The molecule has 6 nitrogen and oxygen atoms in total. The molecule has 0 bridgehead atoms. The van der Waals surface area contributed by atoms with E-state index in [1.54, 1.807) is 24.4 Å². The molecule has 2 N–H and O–H groups in total. The fraction of sp³-hybridized carbons (Fsp3) is 0.167. The Kier molecular flexibility index (Phi) is 4.56. The van der Waals surface area contributed by atoms with E-state index in [9.17, 15) is 9.59 Å². The fourth-order valence-electron chi connectivity index (χ4n) is 2.51. The predicted molar refractivity (Wildman–Crippen MR) is 91.4 cm³/mol. The molecule has 0 aliphatic carbocycles. The van der Waals surface area contributed by atoms with Crippen molar-refractivity contribution in [3.8, 4) is 5.75 Å². The molecule has 0 fully saturated rings. The molecule has 0 spiro atoms. The summed E-state index contributed by atoms with van der Waals surface area (Å²) in [5.74, 6) is 0.156. The summed E-state index contributed by atoms with van der Waals surface area (Å²) in [6.45, 7) is 0.408. The normalized spacial score (nSPS) is 10.5. The van der Waals surface area contributed by atoms with Crippen LogP contribution >= 0.6 is 0 Å². The zero-order valence-electron chi connectivity index (χ0n) is 13.2. The number of benzene rings is 1. The molecule has 3 aromatic rings. The van der Waals surface area contributed by atoms with Crippen molar-refractivity contribution in [2.24, 2.45) is 0 Å². The number of rotatable bonds is 5. The van der Waals surface area contributed by atoms with Gasteiger partial charge in [-0.15, -0.1) is 0 Å². The van der Waals surface area contributed by atoms with Gasteiger partial charge in [-0.05, 0) is 24.3 Å². The minimum absolute atomic E-state index is 0.0803. The Morgan fingerprint density at radius 2 is 2.12 bits per heavy atom. The van der Waals surface area contributed by atoms with Crippen molar-refractivity contribution in [2.75, 3.05) is 13.7 Å². The van der Waals surface area contributed by atoms with Gasteiger partial charge in [0.25, 0.3) is 5.91 Å². The number of methoxy groups -OCH3 is 1. The number of aromatic amines is 1. The Balaban J connectivity index is 1.78. The van der Waals surface area contributed by atoms with Gasteiger partial charge in [0.05, 0.1) is 18.0 Å². The molecule has 0 aliphatic heterocycles. The van der Waals surface area contributed by atoms with Crippen LogP contribution in [0.25, 0.3) is 10.9 Å². The van der Waals surface area contributed by atoms with Gasteiger partial charge in [-0.2, -0.15) is 0 Å². The van der Waals surface area contributed by atoms with Crippen LogP contribution in [0.3, 0.4) is 0 Å². The van der Waals surface area contributed by atoms with E-state index in [0.29, 0.717) is 29.6 Å². The third kappa shape index (κ3) is 3.12. The molecule has 0 aliphatic rings. The van der Waals surface area contributed by atoms with E-state index < -0.39 is 5.91 Å². The number of fused-ring (bicyclic) bond motifs is 1. The standard InChI is InChI=1S/C18H17N3O3/c1-24-15-7-4-6-13-16(15)21-11-14(17(13)22)18(23)20-10-8-12-5-2-3-9-19-12/h2-7,9,11H,8,10H2,1H3,(H,20,23)(H,21,22). The second-order valence-corrected chi connectivity index (χ2v) is 5.24. The maximum Gasteiger partial charge on any atom is 0.256 e. The molecule has 2 aromatic heterocycles. The lowest BCUT2D eigenvalue weighted by Gasteiger charge is -2.08. The summed E-state index contributed by atoms with van der Waals surface area (Å²) in [6, 6.07) is 10.8. The average molecular weight is 323 g/mol. The van der Waals surface area contributed by atoms with Gasteiger partial charge in [0.15, 0.2) is 0 Å². The highest BCUT2D eigenvalue weighted by Crippen LogP contribution is 2.20. The molecule has 122 valence electrons. The van der Waals surface area contributed by atoms with Crippen molar-refractivity contribution in [3.05, 3.63) is 70.3 Å². The molecule has 0 saturated heterocycles. The Morgan fingerprint density at radius 1 is 1.25 bits per heavy atom. The van der Waals surface area contributed by atoms with Gasteiger partial charge in [0, 0.05) is 31.1 Å². The molecule has 0 saturated carbocycles. The van der Waals surface area contributed by atoms with Crippen molar-refractivity contribution in [1.82, 2.24) is 15.3 Å². The molecule has 3 rings (SSSR count). The summed E-state index contributed by atoms with van der Waals surface area (Å²) >= 11 is 0. The molecule has 1 amide bonds. The number of para-hydroxylation sites is 1. The van der Waals surface area contributed by atoms with Crippen molar-refractivity contribution in [2.45, 2.75) is 6.42 Å². The van der Waals surface area contributed by atoms with Crippen LogP contribution < -0.4 is 15.5 Å². The van der Waals surface area contributed by atoms with Gasteiger partial charge in [-0.3, -0.25) is 14.6 Å². The average Bonchev–Trinajstić information content (AvgIpc) is 2.62. The maximum atomic E-state index is 12.5. The summed E-state index contributed by atoms with van der Waals surface area (Å²) in [4.78, 5) is 32.0. The summed E-state index contributed by atoms with van der Waals surface area (Å²) in [5.41, 5.74) is 1.22. The van der Waals surface area contributed by atoms with Gasteiger partial charge in [0.1, 0.15) is 11.3 Å². The van der Waals surface area contributed by atoms with Crippen molar-refractivity contribution in [1.29, 1.82) is 0 Å². The molecule has 0 radical (unpaired) electrons. The third-order valence-electron chi connectivity index (χ3n) is 3.73. The number of nitrogens with zero attached hydrogens (tertiary/aromatic N) is 1. The largest absolute Gasteiger partial charge is 0.495 e. The van der Waals surface area contributed by atoms with Crippen LogP contribution in [0.5, 0.6) is 5.75 Å². The first kappa shape index (κ1) is 15.7. The van der Waals surface area contributed by atoms with E-state index >= 15 is 0 Å². The Hall–Kier alpha value is -3.15. The SMILES string of the molecule is COc1cccc2c(=O)c(C(=O)NCCc3ccccn3)c[nH]c12. The van der Waals surface area contributed by atoms with Crippen molar-refractivity contribution >= 4 is 16.8 Å². The van der Waals surface area contributed by atoms with E-state index in [2.05, 4.69) is 15.3 Å². The quantitative estimate of drug-likeness (QED) is 0.751. The molecule has 24 heavy (non-hydrogen) atoms. The Labute approximate surface area is 138 Å². The minimum Gasteiger partial charge on any atom is -0.495 e. The number of pyridine rings is 2. The highest BCUT2D eigenvalue weighted by atomic mass is 16.5. The second kappa shape index (κ2) is 6.95. The van der Waals surface area contributed by atoms with Crippen LogP contribution in [0.15, 0.2) is 53.6 Å². The van der Waals surface area contributed by atoms with Crippen LogP contribution in [-0.4, -0.2) is 29.5 Å². The van der Waals surface area contributed by atoms with E-state index in [-0.39, 0.29) is 11.0 Å². The lowest BCUT2D eigenvalue weighted by molar-refractivity contribution is 0.0953. The van der Waals surface area contributed by atoms with E-state index in [4.69, 9.17) is 4.74 Å². The first-order chi connectivity index (χ1) is 11.7. The predicted octanol–water partition coefficient (Wildman–Crippen LogP) is 1.90. The maximum absolute atomic E-state index is 12.5. The lowest BCUT2D eigenvalue weighted by Crippen LogP contribution is -2.30. The number of H-pyrrole nitrogens is 1. The first-order valence-electron chi connectivity index (χ1n) is 7.57. The van der Waals surface area contributed by atoms with E-state index in [1.807, 2.05) is 18.2 Å². The molecule has 6 heteroatoms. The number of carbonyl (C=O) groups excluding carboxylic acids is 1. The fourth-order valence-corrected chi connectivity index (χ4v) is 2.51. The van der Waals surface area contributed by atoms with Crippen LogP contribution in [0, 0.1) is 0 Å². The zero-order valence-corrected chi connectivity index (χ0v) is 13.2. The summed E-state index contributed by atoms with van der Waals surface area (Å²) in [7, 11) is 1.53. The molecular formula is C18H17N3O3. The monoisotopic (exact) mass is 323 g/mol. The van der Waals surface area contributed by atoms with Gasteiger partial charge in [-0.1, -0.05) is 12.1 Å². The number of carbonyl (C=O) groups is 1. The van der Waals surface area contributed by atoms with Crippen molar-refractivity contribution in [3.63, 3.8) is 0 Å². The van der Waals surface area contributed by atoms with Gasteiger partial charge < -0.3 is 15.0 Å². The third-order valence-corrected chi connectivity index (χ3v) is 3.73. The topological polar surface area (TPSA) is 84.1 Å².